The van der Waals surface area contributed by atoms with Gasteiger partial charge in [0.25, 0.3) is 0 Å². The standard InChI is InChI=1S/C20H20N3/c1-13-8-9-16-20(23-10-6-5-7-18(23)21-16)19(13)17-11-14(2)15(3)12-22(17)4/h5-12H,1-4H3/q+1. The van der Waals surface area contributed by atoms with Crippen LogP contribution < -0.4 is 4.57 Å². The number of nitrogens with zero attached hydrogens (tertiary/aromatic N) is 3. The molecule has 1 aromatic carbocycles. The summed E-state index contributed by atoms with van der Waals surface area (Å²) >= 11 is 0. The zero-order valence-electron chi connectivity index (χ0n) is 14.0. The van der Waals surface area contributed by atoms with Crippen LogP contribution in [0.25, 0.3) is 27.9 Å². The molecule has 3 heterocycles. The molecular weight excluding hydrogens is 282 g/mol. The number of hydrogen-bond acceptors (Lipinski definition) is 1. The lowest BCUT2D eigenvalue weighted by atomic mass is 10.0. The van der Waals surface area contributed by atoms with Crippen molar-refractivity contribution in [3.05, 3.63) is 65.5 Å². The maximum absolute atomic E-state index is 4.77. The predicted octanol–water partition coefficient (Wildman–Crippen LogP) is 3.90. The topological polar surface area (TPSA) is 21.2 Å². The monoisotopic (exact) mass is 302 g/mol. The summed E-state index contributed by atoms with van der Waals surface area (Å²) in [4.78, 5) is 4.77. The molecule has 0 N–H and O–H groups in total. The van der Waals surface area contributed by atoms with E-state index in [0.29, 0.717) is 0 Å². The first-order chi connectivity index (χ1) is 11.1. The Morgan fingerprint density at radius 3 is 2.61 bits per heavy atom. The average molecular weight is 302 g/mol. The molecular formula is C20H20N3+. The molecule has 0 saturated carbocycles. The normalized spacial score (nSPS) is 11.5. The number of imidazole rings is 1. The van der Waals surface area contributed by atoms with Gasteiger partial charge in [0, 0.05) is 17.8 Å². The van der Waals surface area contributed by atoms with Crippen molar-refractivity contribution >= 4 is 16.7 Å². The number of fused-ring (bicyclic) bond motifs is 3. The lowest BCUT2D eigenvalue weighted by molar-refractivity contribution is -0.660. The number of aromatic nitrogens is 3. The van der Waals surface area contributed by atoms with Crippen LogP contribution in [0.4, 0.5) is 0 Å². The quantitative estimate of drug-likeness (QED) is 0.489. The van der Waals surface area contributed by atoms with Crippen LogP contribution in [0.2, 0.25) is 0 Å². The summed E-state index contributed by atoms with van der Waals surface area (Å²) in [6.45, 7) is 6.50. The molecule has 3 aromatic heterocycles. The highest BCUT2D eigenvalue weighted by atomic mass is 15.0. The molecule has 0 aliphatic heterocycles. The maximum Gasteiger partial charge on any atom is 0.215 e. The van der Waals surface area contributed by atoms with E-state index in [1.807, 2.05) is 6.07 Å². The molecule has 3 heteroatoms. The van der Waals surface area contributed by atoms with Crippen LogP contribution in [0.5, 0.6) is 0 Å². The van der Waals surface area contributed by atoms with E-state index in [1.165, 1.54) is 33.5 Å². The first kappa shape index (κ1) is 13.9. The fourth-order valence-corrected chi connectivity index (χ4v) is 3.31. The Labute approximate surface area is 135 Å². The van der Waals surface area contributed by atoms with E-state index in [0.717, 1.165) is 11.2 Å². The van der Waals surface area contributed by atoms with Crippen molar-refractivity contribution < 1.29 is 4.57 Å². The third-order valence-corrected chi connectivity index (χ3v) is 4.68. The summed E-state index contributed by atoms with van der Waals surface area (Å²) < 4.78 is 4.40. The lowest BCUT2D eigenvalue weighted by Gasteiger charge is -2.09. The van der Waals surface area contributed by atoms with E-state index in [-0.39, 0.29) is 0 Å². The Bertz CT molecular complexity index is 1060. The Morgan fingerprint density at radius 1 is 0.957 bits per heavy atom. The average Bonchev–Trinajstić information content (AvgIpc) is 2.90. The van der Waals surface area contributed by atoms with Crippen molar-refractivity contribution in [1.82, 2.24) is 9.38 Å². The molecule has 0 atom stereocenters. The van der Waals surface area contributed by atoms with Gasteiger partial charge in [-0.3, -0.25) is 4.40 Å². The van der Waals surface area contributed by atoms with E-state index in [1.54, 1.807) is 0 Å². The van der Waals surface area contributed by atoms with Gasteiger partial charge in [0.1, 0.15) is 12.7 Å². The van der Waals surface area contributed by atoms with Crippen LogP contribution in [0, 0.1) is 20.8 Å². The maximum atomic E-state index is 4.77. The molecule has 0 bridgehead atoms. The summed E-state index contributed by atoms with van der Waals surface area (Å²) in [5.74, 6) is 0. The third kappa shape index (κ3) is 2.04. The summed E-state index contributed by atoms with van der Waals surface area (Å²) in [5.41, 5.74) is 9.56. The van der Waals surface area contributed by atoms with E-state index >= 15 is 0 Å². The van der Waals surface area contributed by atoms with Crippen molar-refractivity contribution in [2.45, 2.75) is 20.8 Å². The van der Waals surface area contributed by atoms with Gasteiger partial charge in [-0.2, -0.15) is 0 Å². The van der Waals surface area contributed by atoms with Gasteiger partial charge in [-0.15, -0.1) is 0 Å². The van der Waals surface area contributed by atoms with Gasteiger partial charge in [0.2, 0.25) is 5.69 Å². The second kappa shape index (κ2) is 4.92. The summed E-state index contributed by atoms with van der Waals surface area (Å²) in [7, 11) is 2.11. The highest BCUT2D eigenvalue weighted by Crippen LogP contribution is 2.31. The highest BCUT2D eigenvalue weighted by Gasteiger charge is 2.20. The van der Waals surface area contributed by atoms with Crippen LogP contribution in [-0.2, 0) is 7.05 Å². The number of hydrogen-bond donors (Lipinski definition) is 0. The van der Waals surface area contributed by atoms with Gasteiger partial charge in [0.15, 0.2) is 6.20 Å². The molecule has 0 amide bonds. The third-order valence-electron chi connectivity index (χ3n) is 4.68. The predicted molar refractivity (Wildman–Crippen MR) is 93.5 cm³/mol. The molecule has 0 saturated heterocycles. The van der Waals surface area contributed by atoms with Crippen molar-refractivity contribution in [2.24, 2.45) is 7.05 Å². The SMILES string of the molecule is Cc1cc(-c2c(C)ccc3nc4ccccn4c23)[n+](C)cc1C. The number of benzene rings is 1. The van der Waals surface area contributed by atoms with Crippen LogP contribution in [0.3, 0.4) is 0 Å². The fraction of sp³-hybridized carbons (Fsp3) is 0.200. The van der Waals surface area contributed by atoms with Gasteiger partial charge in [-0.05, 0) is 50.1 Å². The minimum atomic E-state index is 0.987. The zero-order valence-corrected chi connectivity index (χ0v) is 14.0. The molecule has 4 rings (SSSR count). The molecule has 0 aliphatic rings. The minimum absolute atomic E-state index is 0.987. The molecule has 114 valence electrons. The number of pyridine rings is 2. The summed E-state index contributed by atoms with van der Waals surface area (Å²) in [6.07, 6.45) is 4.29. The molecule has 0 unspecified atom stereocenters. The van der Waals surface area contributed by atoms with Gasteiger partial charge in [-0.1, -0.05) is 12.1 Å². The first-order valence-corrected chi connectivity index (χ1v) is 7.90. The first-order valence-electron chi connectivity index (χ1n) is 7.90. The Kier molecular flexibility index (Phi) is 2.98. The van der Waals surface area contributed by atoms with Crippen molar-refractivity contribution in [1.29, 1.82) is 0 Å². The van der Waals surface area contributed by atoms with Crippen molar-refractivity contribution in [2.75, 3.05) is 0 Å². The largest absolute Gasteiger partial charge is 0.299 e. The van der Waals surface area contributed by atoms with E-state index < -0.39 is 0 Å². The summed E-state index contributed by atoms with van der Waals surface area (Å²) in [6, 6.07) is 12.7. The number of rotatable bonds is 1. The van der Waals surface area contributed by atoms with Crippen LogP contribution in [0.1, 0.15) is 16.7 Å². The molecule has 3 nitrogen and oxygen atoms in total. The van der Waals surface area contributed by atoms with Crippen molar-refractivity contribution in [3.63, 3.8) is 0 Å². The van der Waals surface area contributed by atoms with Crippen LogP contribution in [0.15, 0.2) is 48.8 Å². The fourth-order valence-electron chi connectivity index (χ4n) is 3.31. The van der Waals surface area contributed by atoms with Gasteiger partial charge < -0.3 is 0 Å². The smallest absolute Gasteiger partial charge is 0.215 e. The second-order valence-electron chi connectivity index (χ2n) is 6.30. The van der Waals surface area contributed by atoms with Gasteiger partial charge in [-0.25, -0.2) is 9.55 Å². The van der Waals surface area contributed by atoms with Gasteiger partial charge in [0.05, 0.1) is 16.6 Å². The Hall–Kier alpha value is -2.68. The van der Waals surface area contributed by atoms with E-state index in [9.17, 15) is 0 Å². The molecule has 0 spiro atoms. The Morgan fingerprint density at radius 2 is 1.78 bits per heavy atom. The summed E-state index contributed by atoms with van der Waals surface area (Å²) in [5, 5.41) is 0. The van der Waals surface area contributed by atoms with E-state index in [4.69, 9.17) is 4.98 Å². The van der Waals surface area contributed by atoms with Crippen LogP contribution in [-0.4, -0.2) is 9.38 Å². The molecule has 0 radical (unpaired) electrons. The van der Waals surface area contributed by atoms with E-state index in [2.05, 4.69) is 79.5 Å². The lowest BCUT2D eigenvalue weighted by Crippen LogP contribution is -2.31. The molecule has 4 aromatic rings. The Balaban J connectivity index is 2.19. The molecule has 0 fully saturated rings. The van der Waals surface area contributed by atoms with Crippen LogP contribution >= 0.6 is 0 Å². The molecule has 23 heavy (non-hydrogen) atoms. The van der Waals surface area contributed by atoms with Gasteiger partial charge >= 0.3 is 0 Å². The second-order valence-corrected chi connectivity index (χ2v) is 6.30. The molecule has 0 aliphatic carbocycles. The zero-order chi connectivity index (χ0) is 16.1. The highest BCUT2D eigenvalue weighted by molar-refractivity contribution is 5.95. The van der Waals surface area contributed by atoms with Crippen molar-refractivity contribution in [3.8, 4) is 11.3 Å². The number of aryl methyl sites for hydroxylation is 4. The minimum Gasteiger partial charge on any atom is -0.299 e.